The second-order valence-electron chi connectivity index (χ2n) is 4.86. The van der Waals surface area contributed by atoms with Crippen LogP contribution in [0.2, 0.25) is 5.02 Å². The molecule has 0 bridgehead atoms. The monoisotopic (exact) mass is 337 g/mol. The third-order valence-corrected chi connectivity index (χ3v) is 3.51. The SMILES string of the molecule is COC(c1ccc(Cl)cc1)C(C)Nc1ncc([N+](=O)[O-])c(N)n1. The molecule has 0 saturated carbocycles. The number of anilines is 2. The van der Waals surface area contributed by atoms with Gasteiger partial charge in [-0.2, -0.15) is 4.98 Å². The molecule has 9 heteroatoms. The van der Waals surface area contributed by atoms with Gasteiger partial charge in [0.05, 0.1) is 11.0 Å². The normalized spacial score (nSPS) is 13.3. The molecule has 2 aromatic rings. The Morgan fingerprint density at radius 2 is 2.04 bits per heavy atom. The number of nitrogens with two attached hydrogens (primary N) is 1. The van der Waals surface area contributed by atoms with Gasteiger partial charge in [-0.25, -0.2) is 4.98 Å². The Labute approximate surface area is 137 Å². The van der Waals surface area contributed by atoms with Gasteiger partial charge < -0.3 is 15.8 Å². The fourth-order valence-electron chi connectivity index (χ4n) is 2.16. The molecular weight excluding hydrogens is 322 g/mol. The van der Waals surface area contributed by atoms with E-state index in [1.165, 1.54) is 0 Å². The third kappa shape index (κ3) is 4.05. The molecule has 23 heavy (non-hydrogen) atoms. The van der Waals surface area contributed by atoms with Crippen LogP contribution in [0.25, 0.3) is 0 Å². The van der Waals surface area contributed by atoms with Crippen molar-refractivity contribution in [1.29, 1.82) is 0 Å². The summed E-state index contributed by atoms with van der Waals surface area (Å²) in [5, 5.41) is 14.4. The van der Waals surface area contributed by atoms with Crippen molar-refractivity contribution in [2.75, 3.05) is 18.2 Å². The Morgan fingerprint density at radius 3 is 2.57 bits per heavy atom. The van der Waals surface area contributed by atoms with Gasteiger partial charge in [-0.05, 0) is 24.6 Å². The first-order valence-corrected chi connectivity index (χ1v) is 7.12. The molecule has 2 unspecified atom stereocenters. The van der Waals surface area contributed by atoms with Gasteiger partial charge in [-0.3, -0.25) is 10.1 Å². The summed E-state index contributed by atoms with van der Waals surface area (Å²) in [6, 6.07) is 7.06. The molecule has 0 amide bonds. The van der Waals surface area contributed by atoms with E-state index in [0.717, 1.165) is 11.8 Å². The van der Waals surface area contributed by atoms with Crippen molar-refractivity contribution in [3.63, 3.8) is 0 Å². The lowest BCUT2D eigenvalue weighted by molar-refractivity contribution is -0.384. The van der Waals surface area contributed by atoms with E-state index in [2.05, 4.69) is 15.3 Å². The van der Waals surface area contributed by atoms with E-state index in [0.29, 0.717) is 5.02 Å². The Morgan fingerprint density at radius 1 is 1.39 bits per heavy atom. The van der Waals surface area contributed by atoms with Gasteiger partial charge in [0.1, 0.15) is 12.3 Å². The van der Waals surface area contributed by atoms with Crippen LogP contribution in [0.4, 0.5) is 17.5 Å². The number of nitrogens with one attached hydrogen (secondary N) is 1. The molecule has 0 saturated heterocycles. The van der Waals surface area contributed by atoms with Gasteiger partial charge in [0.2, 0.25) is 11.8 Å². The van der Waals surface area contributed by atoms with Crippen LogP contribution in [0.15, 0.2) is 30.5 Å². The lowest BCUT2D eigenvalue weighted by atomic mass is 10.0. The summed E-state index contributed by atoms with van der Waals surface area (Å²) in [5.74, 6) is -0.00299. The summed E-state index contributed by atoms with van der Waals surface area (Å²) >= 11 is 5.88. The number of nitrogens with zero attached hydrogens (tertiary/aromatic N) is 3. The minimum absolute atomic E-state index is 0.191. The average molecular weight is 338 g/mol. The van der Waals surface area contributed by atoms with Crippen molar-refractivity contribution in [1.82, 2.24) is 9.97 Å². The van der Waals surface area contributed by atoms with Crippen LogP contribution >= 0.6 is 11.6 Å². The van der Waals surface area contributed by atoms with E-state index in [1.807, 2.05) is 19.1 Å². The van der Waals surface area contributed by atoms with Crippen molar-refractivity contribution in [2.24, 2.45) is 0 Å². The maximum Gasteiger partial charge on any atom is 0.329 e. The number of halogens is 1. The van der Waals surface area contributed by atoms with Gasteiger partial charge in [0, 0.05) is 12.1 Å². The molecule has 1 aromatic carbocycles. The highest BCUT2D eigenvalue weighted by atomic mass is 35.5. The predicted octanol–water partition coefficient (Wildman–Crippen LogP) is 2.81. The Bertz CT molecular complexity index is 695. The smallest absolute Gasteiger partial charge is 0.329 e. The molecule has 0 spiro atoms. The van der Waals surface area contributed by atoms with Crippen LogP contribution in [0, 0.1) is 10.1 Å². The molecule has 0 aliphatic rings. The highest BCUT2D eigenvalue weighted by molar-refractivity contribution is 6.30. The molecule has 0 fully saturated rings. The van der Waals surface area contributed by atoms with Gasteiger partial charge in [0.15, 0.2) is 0 Å². The first kappa shape index (κ1) is 16.9. The zero-order chi connectivity index (χ0) is 17.0. The molecule has 0 aliphatic heterocycles. The summed E-state index contributed by atoms with van der Waals surface area (Å²) in [6.07, 6.45) is 0.786. The van der Waals surface area contributed by atoms with Crippen LogP contribution in [-0.4, -0.2) is 28.0 Å². The average Bonchev–Trinajstić information content (AvgIpc) is 2.49. The Hall–Kier alpha value is -2.45. The van der Waals surface area contributed by atoms with Crippen LogP contribution in [-0.2, 0) is 4.74 Å². The number of methoxy groups -OCH3 is 1. The van der Waals surface area contributed by atoms with Crippen molar-refractivity contribution in [3.8, 4) is 0 Å². The third-order valence-electron chi connectivity index (χ3n) is 3.26. The first-order valence-electron chi connectivity index (χ1n) is 6.74. The predicted molar refractivity (Wildman–Crippen MR) is 87.4 cm³/mol. The number of hydrogen-bond acceptors (Lipinski definition) is 7. The van der Waals surface area contributed by atoms with Crippen molar-refractivity contribution >= 4 is 29.1 Å². The van der Waals surface area contributed by atoms with E-state index in [1.54, 1.807) is 19.2 Å². The molecule has 1 heterocycles. The largest absolute Gasteiger partial charge is 0.378 e. The number of benzene rings is 1. The lowest BCUT2D eigenvalue weighted by Gasteiger charge is -2.24. The van der Waals surface area contributed by atoms with Crippen LogP contribution < -0.4 is 11.1 Å². The maximum atomic E-state index is 10.7. The van der Waals surface area contributed by atoms with Crippen molar-refractivity contribution < 1.29 is 9.66 Å². The zero-order valence-corrected chi connectivity index (χ0v) is 13.3. The molecule has 2 rings (SSSR count). The maximum absolute atomic E-state index is 10.7. The minimum Gasteiger partial charge on any atom is -0.378 e. The fraction of sp³-hybridized carbons (Fsp3) is 0.286. The highest BCUT2D eigenvalue weighted by Crippen LogP contribution is 2.25. The number of rotatable bonds is 6. The number of nitrogen functional groups attached to an aromatic ring is 1. The number of nitro groups is 1. The number of ether oxygens (including phenoxy) is 1. The summed E-state index contributed by atoms with van der Waals surface area (Å²) in [4.78, 5) is 17.9. The van der Waals surface area contributed by atoms with E-state index >= 15 is 0 Å². The van der Waals surface area contributed by atoms with E-state index in [4.69, 9.17) is 22.1 Å². The Balaban J connectivity index is 2.16. The van der Waals surface area contributed by atoms with E-state index < -0.39 is 4.92 Å². The fourth-order valence-corrected chi connectivity index (χ4v) is 2.29. The number of hydrogen-bond donors (Lipinski definition) is 2. The summed E-state index contributed by atoms with van der Waals surface area (Å²) in [6.45, 7) is 1.88. The van der Waals surface area contributed by atoms with Crippen LogP contribution in [0.3, 0.4) is 0 Å². The second kappa shape index (κ2) is 7.21. The van der Waals surface area contributed by atoms with E-state index in [9.17, 15) is 10.1 Å². The molecule has 0 radical (unpaired) electrons. The van der Waals surface area contributed by atoms with Gasteiger partial charge in [-0.15, -0.1) is 0 Å². The standard InChI is InChI=1S/C14H16ClN5O3/c1-8(12(23-2)9-3-5-10(15)6-4-9)18-14-17-7-11(20(21)22)13(16)19-14/h3-8,12H,1-2H3,(H3,16,17,18,19). The van der Waals surface area contributed by atoms with E-state index in [-0.39, 0.29) is 29.6 Å². The molecule has 8 nitrogen and oxygen atoms in total. The minimum atomic E-state index is -0.631. The first-order chi connectivity index (χ1) is 10.9. The summed E-state index contributed by atoms with van der Waals surface area (Å²) in [5.41, 5.74) is 6.15. The second-order valence-corrected chi connectivity index (χ2v) is 5.30. The Kier molecular flexibility index (Phi) is 5.30. The van der Waals surface area contributed by atoms with Gasteiger partial charge in [0.25, 0.3) is 0 Å². The molecular formula is C14H16ClN5O3. The summed E-state index contributed by atoms with van der Waals surface area (Å²) < 4.78 is 5.50. The quantitative estimate of drug-likeness (QED) is 0.614. The van der Waals surface area contributed by atoms with Crippen LogP contribution in [0.5, 0.6) is 0 Å². The molecule has 1 aromatic heterocycles. The lowest BCUT2D eigenvalue weighted by Crippen LogP contribution is -2.26. The van der Waals surface area contributed by atoms with Gasteiger partial charge >= 0.3 is 5.69 Å². The molecule has 2 atom stereocenters. The van der Waals surface area contributed by atoms with Crippen molar-refractivity contribution in [2.45, 2.75) is 19.1 Å². The topological polar surface area (TPSA) is 116 Å². The number of aromatic nitrogens is 2. The molecule has 122 valence electrons. The molecule has 3 N–H and O–H groups in total. The van der Waals surface area contributed by atoms with Gasteiger partial charge in [-0.1, -0.05) is 23.7 Å². The van der Waals surface area contributed by atoms with Crippen molar-refractivity contribution in [3.05, 3.63) is 51.2 Å². The zero-order valence-electron chi connectivity index (χ0n) is 12.6. The molecule has 0 aliphatic carbocycles. The summed E-state index contributed by atoms with van der Waals surface area (Å²) in [7, 11) is 1.59. The highest BCUT2D eigenvalue weighted by Gasteiger charge is 2.21. The van der Waals surface area contributed by atoms with Crippen LogP contribution in [0.1, 0.15) is 18.6 Å².